The zero-order valence-electron chi connectivity index (χ0n) is 6.10. The van der Waals surface area contributed by atoms with E-state index in [9.17, 15) is 13.2 Å². The van der Waals surface area contributed by atoms with Gasteiger partial charge in [-0.2, -0.15) is 0 Å². The van der Waals surface area contributed by atoms with Gasteiger partial charge in [0.1, 0.15) is 5.69 Å². The zero-order valence-corrected chi connectivity index (χ0v) is 6.10. The molecule has 0 atom stereocenters. The standard InChI is InChI=1S/C7H7F3N2/c8-5-4(3-11)1-2-12-6(5)7(9)10/h1-2,7H,3,11H2. The fraction of sp³-hybridized carbons (Fsp3) is 0.286. The molecular formula is C7H7F3N2. The highest BCUT2D eigenvalue weighted by Gasteiger charge is 2.16. The van der Waals surface area contributed by atoms with Crippen molar-refractivity contribution >= 4 is 0 Å². The lowest BCUT2D eigenvalue weighted by molar-refractivity contribution is 0.140. The van der Waals surface area contributed by atoms with Gasteiger partial charge in [-0.15, -0.1) is 0 Å². The minimum atomic E-state index is -2.89. The molecule has 0 radical (unpaired) electrons. The van der Waals surface area contributed by atoms with E-state index in [1.54, 1.807) is 0 Å². The molecule has 1 aromatic rings. The minimum Gasteiger partial charge on any atom is -0.326 e. The maximum absolute atomic E-state index is 12.9. The summed E-state index contributed by atoms with van der Waals surface area (Å²) >= 11 is 0. The van der Waals surface area contributed by atoms with E-state index in [1.807, 2.05) is 0 Å². The molecule has 0 saturated carbocycles. The smallest absolute Gasteiger partial charge is 0.283 e. The summed E-state index contributed by atoms with van der Waals surface area (Å²) in [4.78, 5) is 3.21. The molecule has 0 fully saturated rings. The van der Waals surface area contributed by atoms with Crippen LogP contribution in [0.4, 0.5) is 13.2 Å². The van der Waals surface area contributed by atoms with Crippen LogP contribution in [0.15, 0.2) is 12.3 Å². The van der Waals surface area contributed by atoms with Crippen LogP contribution in [0.1, 0.15) is 17.7 Å². The highest BCUT2D eigenvalue weighted by molar-refractivity contribution is 5.19. The van der Waals surface area contributed by atoms with Gasteiger partial charge in [0, 0.05) is 18.3 Å². The van der Waals surface area contributed by atoms with Crippen molar-refractivity contribution < 1.29 is 13.2 Å². The molecule has 0 bridgehead atoms. The van der Waals surface area contributed by atoms with Crippen LogP contribution < -0.4 is 5.73 Å². The van der Waals surface area contributed by atoms with Gasteiger partial charge >= 0.3 is 0 Å². The lowest BCUT2D eigenvalue weighted by atomic mass is 10.2. The molecule has 0 aliphatic heterocycles. The molecule has 0 aromatic carbocycles. The average Bonchev–Trinajstić information content (AvgIpc) is 2.04. The molecule has 1 aromatic heterocycles. The van der Waals surface area contributed by atoms with E-state index in [1.165, 1.54) is 6.07 Å². The van der Waals surface area contributed by atoms with E-state index in [2.05, 4.69) is 4.98 Å². The van der Waals surface area contributed by atoms with E-state index in [-0.39, 0.29) is 12.1 Å². The lowest BCUT2D eigenvalue weighted by Gasteiger charge is -2.03. The fourth-order valence-electron chi connectivity index (χ4n) is 0.812. The van der Waals surface area contributed by atoms with Crippen molar-refractivity contribution in [3.05, 3.63) is 29.3 Å². The predicted molar refractivity (Wildman–Crippen MR) is 37.0 cm³/mol. The lowest BCUT2D eigenvalue weighted by Crippen LogP contribution is -2.04. The molecule has 5 heteroatoms. The average molecular weight is 176 g/mol. The Morgan fingerprint density at radius 3 is 2.67 bits per heavy atom. The second-order valence-electron chi connectivity index (χ2n) is 2.17. The number of hydrogen-bond acceptors (Lipinski definition) is 2. The quantitative estimate of drug-likeness (QED) is 0.743. The van der Waals surface area contributed by atoms with Crippen molar-refractivity contribution in [2.45, 2.75) is 13.0 Å². The van der Waals surface area contributed by atoms with Gasteiger partial charge in [0.15, 0.2) is 5.82 Å². The largest absolute Gasteiger partial charge is 0.326 e. The number of pyridine rings is 1. The SMILES string of the molecule is NCc1ccnc(C(F)F)c1F. The van der Waals surface area contributed by atoms with Crippen LogP contribution >= 0.6 is 0 Å². The van der Waals surface area contributed by atoms with Crippen molar-refractivity contribution in [1.82, 2.24) is 4.98 Å². The second-order valence-corrected chi connectivity index (χ2v) is 2.17. The molecule has 12 heavy (non-hydrogen) atoms. The topological polar surface area (TPSA) is 38.9 Å². The molecule has 2 N–H and O–H groups in total. The van der Waals surface area contributed by atoms with Gasteiger partial charge in [-0.3, -0.25) is 4.98 Å². The molecule has 66 valence electrons. The van der Waals surface area contributed by atoms with Gasteiger partial charge in [0.2, 0.25) is 0 Å². The Kier molecular flexibility index (Phi) is 2.65. The van der Waals surface area contributed by atoms with Crippen molar-refractivity contribution in [3.63, 3.8) is 0 Å². The maximum Gasteiger partial charge on any atom is 0.283 e. The van der Waals surface area contributed by atoms with Crippen molar-refractivity contribution in [1.29, 1.82) is 0 Å². The molecule has 2 nitrogen and oxygen atoms in total. The van der Waals surface area contributed by atoms with Crippen LogP contribution in [0.5, 0.6) is 0 Å². The van der Waals surface area contributed by atoms with Gasteiger partial charge in [-0.1, -0.05) is 0 Å². The third kappa shape index (κ3) is 1.55. The summed E-state index contributed by atoms with van der Waals surface area (Å²) in [6, 6.07) is 1.28. The third-order valence-corrected chi connectivity index (χ3v) is 1.42. The summed E-state index contributed by atoms with van der Waals surface area (Å²) in [6.07, 6.45) is -1.77. The monoisotopic (exact) mass is 176 g/mol. The van der Waals surface area contributed by atoms with Crippen molar-refractivity contribution in [2.75, 3.05) is 0 Å². The number of nitrogens with two attached hydrogens (primary N) is 1. The van der Waals surface area contributed by atoms with E-state index in [0.717, 1.165) is 6.20 Å². The van der Waals surface area contributed by atoms with Gasteiger partial charge < -0.3 is 5.73 Å². The van der Waals surface area contributed by atoms with Crippen molar-refractivity contribution in [3.8, 4) is 0 Å². The number of nitrogens with zero attached hydrogens (tertiary/aromatic N) is 1. The molecule has 0 unspecified atom stereocenters. The molecule has 1 heterocycles. The Balaban J connectivity index is 3.14. The van der Waals surface area contributed by atoms with E-state index in [4.69, 9.17) is 5.73 Å². The Morgan fingerprint density at radius 1 is 1.50 bits per heavy atom. The maximum atomic E-state index is 12.9. The van der Waals surface area contributed by atoms with Crippen molar-refractivity contribution in [2.24, 2.45) is 5.73 Å². The highest BCUT2D eigenvalue weighted by Crippen LogP contribution is 2.21. The number of halogens is 3. The predicted octanol–water partition coefficient (Wildman–Crippen LogP) is 1.62. The van der Waals surface area contributed by atoms with Crippen LogP contribution in [-0.4, -0.2) is 4.98 Å². The molecule has 1 rings (SSSR count). The summed E-state index contributed by atoms with van der Waals surface area (Å²) in [5.74, 6) is -1.00. The molecule has 0 aliphatic rings. The van der Waals surface area contributed by atoms with Crippen LogP contribution in [0, 0.1) is 5.82 Å². The normalized spacial score (nSPS) is 10.8. The van der Waals surface area contributed by atoms with Gasteiger partial charge in [0.25, 0.3) is 6.43 Å². The summed E-state index contributed by atoms with van der Waals surface area (Å²) in [7, 11) is 0. The summed E-state index contributed by atoms with van der Waals surface area (Å²) in [5, 5.41) is 0. The first-order chi connectivity index (χ1) is 5.66. The minimum absolute atomic E-state index is 0.0558. The number of alkyl halides is 2. The van der Waals surface area contributed by atoms with E-state index >= 15 is 0 Å². The number of hydrogen-bond donors (Lipinski definition) is 1. The number of aromatic nitrogens is 1. The molecule has 0 saturated heterocycles. The molecular weight excluding hydrogens is 169 g/mol. The fourth-order valence-corrected chi connectivity index (χ4v) is 0.812. The van der Waals surface area contributed by atoms with E-state index in [0.29, 0.717) is 0 Å². The van der Waals surface area contributed by atoms with Gasteiger partial charge in [0.05, 0.1) is 0 Å². The molecule has 0 spiro atoms. The Bertz CT molecular complexity index is 275. The van der Waals surface area contributed by atoms with E-state index < -0.39 is 17.9 Å². The first kappa shape index (κ1) is 8.99. The Morgan fingerprint density at radius 2 is 2.17 bits per heavy atom. The van der Waals surface area contributed by atoms with Crippen LogP contribution in [0.3, 0.4) is 0 Å². The summed E-state index contributed by atoms with van der Waals surface area (Å²) in [6.45, 7) is -0.103. The van der Waals surface area contributed by atoms with Crippen LogP contribution in [0.2, 0.25) is 0 Å². The third-order valence-electron chi connectivity index (χ3n) is 1.42. The van der Waals surface area contributed by atoms with Gasteiger partial charge in [-0.05, 0) is 6.07 Å². The zero-order chi connectivity index (χ0) is 9.14. The highest BCUT2D eigenvalue weighted by atomic mass is 19.3. The summed E-state index contributed by atoms with van der Waals surface area (Å²) in [5.41, 5.74) is 4.33. The second kappa shape index (κ2) is 3.53. The van der Waals surface area contributed by atoms with Crippen LogP contribution in [-0.2, 0) is 6.54 Å². The molecule has 0 aliphatic carbocycles. The number of rotatable bonds is 2. The first-order valence-electron chi connectivity index (χ1n) is 3.28. The summed E-state index contributed by atoms with van der Waals surface area (Å²) < 4.78 is 36.9. The van der Waals surface area contributed by atoms with Gasteiger partial charge in [-0.25, -0.2) is 13.2 Å². The van der Waals surface area contributed by atoms with Crippen LogP contribution in [0.25, 0.3) is 0 Å². The Labute approximate surface area is 67.2 Å². The molecule has 0 amide bonds. The first-order valence-corrected chi connectivity index (χ1v) is 3.28. The Hall–Kier alpha value is -1.10.